The van der Waals surface area contributed by atoms with Gasteiger partial charge in [-0.2, -0.15) is 13.2 Å². The van der Waals surface area contributed by atoms with Crippen molar-refractivity contribution in [1.82, 2.24) is 14.9 Å². The highest BCUT2D eigenvalue weighted by Gasteiger charge is 2.43. The van der Waals surface area contributed by atoms with Crippen LogP contribution < -0.4 is 25.3 Å². The predicted octanol–water partition coefficient (Wildman–Crippen LogP) is 5.84. The molecule has 4 fully saturated rings. The van der Waals surface area contributed by atoms with Crippen LogP contribution in [0.1, 0.15) is 42.9 Å². The molecule has 1 amide bonds. The topological polar surface area (TPSA) is 104 Å². The van der Waals surface area contributed by atoms with Gasteiger partial charge in [0.15, 0.2) is 5.82 Å². The smallest absolute Gasteiger partial charge is 0.419 e. The van der Waals surface area contributed by atoms with Gasteiger partial charge in [-0.25, -0.2) is 19.4 Å². The number of hydrogen-bond donors (Lipinski definition) is 2. The summed E-state index contributed by atoms with van der Waals surface area (Å²) in [5.41, 5.74) is 0.362. The lowest BCUT2D eigenvalue weighted by Gasteiger charge is -2.41. The Morgan fingerprint density at radius 2 is 1.92 bits per heavy atom. The Morgan fingerprint density at radius 3 is 2.61 bits per heavy atom. The van der Waals surface area contributed by atoms with Gasteiger partial charge in [-0.1, -0.05) is 18.7 Å². The number of fused-ring (bicyclic) bond motifs is 2. The number of amides is 1. The van der Waals surface area contributed by atoms with Crippen LogP contribution in [0.3, 0.4) is 0 Å². The Labute approximate surface area is 280 Å². The fourth-order valence-electron chi connectivity index (χ4n) is 7.37. The molecule has 2 aromatic carbocycles. The van der Waals surface area contributed by atoms with E-state index in [9.17, 15) is 18.0 Å². The van der Waals surface area contributed by atoms with Gasteiger partial charge < -0.3 is 25.0 Å². The van der Waals surface area contributed by atoms with E-state index in [1.807, 2.05) is 6.07 Å². The largest absolute Gasteiger partial charge is 0.494 e. The van der Waals surface area contributed by atoms with Crippen molar-refractivity contribution < 1.29 is 36.7 Å². The molecule has 7 rings (SSSR count). The maximum Gasteiger partial charge on any atom is 0.419 e. The number of nitrogens with one attached hydrogen (secondary N) is 2. The van der Waals surface area contributed by atoms with Gasteiger partial charge in [0, 0.05) is 55.8 Å². The molecule has 2 bridgehead atoms. The summed E-state index contributed by atoms with van der Waals surface area (Å²) in [7, 11) is 1.54. The van der Waals surface area contributed by atoms with Crippen LogP contribution in [-0.4, -0.2) is 78.9 Å². The molecule has 2 N–H and O–H groups in total. The van der Waals surface area contributed by atoms with E-state index in [1.165, 1.54) is 29.6 Å². The number of likely N-dealkylation sites (tertiary alicyclic amines) is 1. The van der Waals surface area contributed by atoms with Crippen molar-refractivity contribution in [3.63, 3.8) is 0 Å². The van der Waals surface area contributed by atoms with Gasteiger partial charge in [0.2, 0.25) is 5.91 Å². The summed E-state index contributed by atoms with van der Waals surface area (Å²) in [6.07, 6.45) is 1.30. The molecule has 260 valence electrons. The third-order valence-electron chi connectivity index (χ3n) is 9.72. The number of halogens is 4. The SMILES string of the molecule is C=CC(=O)Nc1cc(Nc2cc(N3OCC[C@@H]3c3cccc(C(F)(F)F)c3F)ncn2)c(OC)cc1N1CCC(N2C[C@H]3C[C@@H]2CO3)CC1. The number of piperidine rings is 1. The Morgan fingerprint density at radius 1 is 1.10 bits per heavy atom. The number of aromatic nitrogens is 2. The van der Waals surface area contributed by atoms with Gasteiger partial charge in [-0.05, 0) is 37.5 Å². The van der Waals surface area contributed by atoms with E-state index in [-0.39, 0.29) is 30.3 Å². The van der Waals surface area contributed by atoms with Crippen LogP contribution in [0, 0.1) is 5.82 Å². The van der Waals surface area contributed by atoms with Gasteiger partial charge in [-0.3, -0.25) is 14.5 Å². The van der Waals surface area contributed by atoms with Gasteiger partial charge in [0.05, 0.1) is 55.1 Å². The summed E-state index contributed by atoms with van der Waals surface area (Å²) in [5.74, 6) is -0.703. The minimum Gasteiger partial charge on any atom is -0.494 e. The molecule has 4 aliphatic heterocycles. The van der Waals surface area contributed by atoms with Crippen molar-refractivity contribution >= 4 is 34.6 Å². The first-order chi connectivity index (χ1) is 23.6. The molecule has 3 aromatic rings. The summed E-state index contributed by atoms with van der Waals surface area (Å²) in [6, 6.07) is 8.51. The van der Waals surface area contributed by atoms with E-state index in [4.69, 9.17) is 14.3 Å². The maximum atomic E-state index is 15.1. The monoisotopic (exact) mass is 683 g/mol. The lowest BCUT2D eigenvalue weighted by Crippen LogP contribution is -2.49. The van der Waals surface area contributed by atoms with Crippen molar-refractivity contribution in [3.05, 3.63) is 72.3 Å². The van der Waals surface area contributed by atoms with E-state index in [0.717, 1.165) is 51.2 Å². The number of anilines is 5. The van der Waals surface area contributed by atoms with E-state index >= 15 is 4.39 Å². The highest BCUT2D eigenvalue weighted by atomic mass is 19.4. The molecule has 15 heteroatoms. The zero-order chi connectivity index (χ0) is 34.3. The number of hydroxylamine groups is 1. The molecule has 3 atom stereocenters. The molecular formula is C34H37F4N7O4. The van der Waals surface area contributed by atoms with E-state index in [0.29, 0.717) is 47.2 Å². The lowest BCUT2D eigenvalue weighted by atomic mass is 10.0. The molecule has 49 heavy (non-hydrogen) atoms. The molecule has 0 spiro atoms. The Hall–Kier alpha value is -4.47. The van der Waals surface area contributed by atoms with Crippen LogP contribution in [0.4, 0.5) is 46.3 Å². The van der Waals surface area contributed by atoms with Crippen molar-refractivity contribution in [2.45, 2.75) is 56.1 Å². The van der Waals surface area contributed by atoms with Crippen molar-refractivity contribution in [1.29, 1.82) is 0 Å². The Kier molecular flexibility index (Phi) is 9.07. The molecule has 1 aromatic heterocycles. The summed E-state index contributed by atoms with van der Waals surface area (Å²) in [5, 5.41) is 7.43. The quantitative estimate of drug-likeness (QED) is 0.211. The summed E-state index contributed by atoms with van der Waals surface area (Å²) in [4.78, 5) is 31.7. The number of hydrogen-bond acceptors (Lipinski definition) is 10. The van der Waals surface area contributed by atoms with Crippen molar-refractivity contribution in [2.24, 2.45) is 0 Å². The van der Waals surface area contributed by atoms with Gasteiger partial charge >= 0.3 is 6.18 Å². The molecule has 0 radical (unpaired) electrons. The van der Waals surface area contributed by atoms with Crippen LogP contribution in [-0.2, 0) is 20.5 Å². The van der Waals surface area contributed by atoms with Crippen LogP contribution in [0.25, 0.3) is 0 Å². The predicted molar refractivity (Wildman–Crippen MR) is 174 cm³/mol. The Bertz CT molecular complexity index is 1720. The van der Waals surface area contributed by atoms with Crippen molar-refractivity contribution in [3.8, 4) is 5.75 Å². The van der Waals surface area contributed by atoms with Crippen LogP contribution in [0.5, 0.6) is 5.75 Å². The fourth-order valence-corrected chi connectivity index (χ4v) is 7.37. The highest BCUT2D eigenvalue weighted by molar-refractivity contribution is 6.02. The second-order valence-corrected chi connectivity index (χ2v) is 12.6. The second-order valence-electron chi connectivity index (χ2n) is 12.6. The summed E-state index contributed by atoms with van der Waals surface area (Å²) < 4.78 is 67.0. The number of carbonyl (C=O) groups is 1. The van der Waals surface area contributed by atoms with E-state index in [2.05, 4.69) is 37.0 Å². The number of rotatable bonds is 9. The maximum absolute atomic E-state index is 15.1. The average molecular weight is 684 g/mol. The number of benzene rings is 2. The second kappa shape index (κ2) is 13.4. The van der Waals surface area contributed by atoms with Gasteiger partial charge in [0.1, 0.15) is 23.7 Å². The molecule has 5 heterocycles. The molecular weight excluding hydrogens is 646 g/mol. The molecule has 0 aliphatic carbocycles. The number of methoxy groups -OCH3 is 1. The standard InChI is InChI=1S/C34H37F4N7O4/c1-3-32(46)42-25-14-26(29(47-2)15-28(25)43-10-7-20(8-11-43)44-17-22-13-21(44)18-48-22)41-30-16-31(40-19-39-30)45-27(9-12-49-45)23-5-4-6-24(33(23)35)34(36,37)38/h3-6,14-16,19-22,27H,1,7-13,17-18H2,2H3,(H,42,46)(H,39,40,41)/t21-,22-,27-/m1/s1. The number of morpholine rings is 1. The first kappa shape index (κ1) is 33.0. The van der Waals surface area contributed by atoms with Gasteiger partial charge in [-0.15, -0.1) is 0 Å². The fraction of sp³-hybridized carbons (Fsp3) is 0.441. The number of alkyl halides is 3. The highest BCUT2D eigenvalue weighted by Crippen LogP contribution is 2.42. The van der Waals surface area contributed by atoms with E-state index < -0.39 is 23.6 Å². The molecule has 0 saturated carbocycles. The summed E-state index contributed by atoms with van der Waals surface area (Å²) in [6.45, 7) is 7.14. The zero-order valence-corrected chi connectivity index (χ0v) is 26.9. The first-order valence-electron chi connectivity index (χ1n) is 16.3. The first-order valence-corrected chi connectivity index (χ1v) is 16.3. The summed E-state index contributed by atoms with van der Waals surface area (Å²) >= 11 is 0. The number of nitrogens with zero attached hydrogens (tertiary/aromatic N) is 5. The molecule has 0 unspecified atom stereocenters. The van der Waals surface area contributed by atoms with Gasteiger partial charge in [0.25, 0.3) is 0 Å². The molecule has 4 saturated heterocycles. The van der Waals surface area contributed by atoms with Crippen LogP contribution in [0.15, 0.2) is 55.4 Å². The Balaban J connectivity index is 1.12. The average Bonchev–Trinajstić information content (AvgIpc) is 3.87. The van der Waals surface area contributed by atoms with Crippen LogP contribution in [0.2, 0.25) is 0 Å². The third-order valence-corrected chi connectivity index (χ3v) is 9.72. The normalized spacial score (nSPS) is 22.8. The van der Waals surface area contributed by atoms with Crippen LogP contribution >= 0.6 is 0 Å². The zero-order valence-electron chi connectivity index (χ0n) is 26.9. The lowest BCUT2D eigenvalue weighted by molar-refractivity contribution is -0.140. The van der Waals surface area contributed by atoms with E-state index in [1.54, 1.807) is 19.2 Å². The molecule has 11 nitrogen and oxygen atoms in total. The number of ether oxygens (including phenoxy) is 2. The van der Waals surface area contributed by atoms with Crippen molar-refractivity contribution in [2.75, 3.05) is 60.6 Å². The number of carbonyl (C=O) groups excluding carboxylic acids is 1. The molecule has 4 aliphatic rings. The third kappa shape index (κ3) is 6.62. The minimum absolute atomic E-state index is 0.147. The minimum atomic E-state index is -4.84.